The molecule has 0 saturated carbocycles. The molecule has 0 bridgehead atoms. The van der Waals surface area contributed by atoms with Gasteiger partial charge in [-0.25, -0.2) is 4.98 Å². The van der Waals surface area contributed by atoms with Crippen molar-refractivity contribution in [2.45, 2.75) is 89.7 Å². The fourth-order valence-corrected chi connectivity index (χ4v) is 6.16. The van der Waals surface area contributed by atoms with Crippen molar-refractivity contribution in [3.05, 3.63) is 20.8 Å². The number of amides is 1. The van der Waals surface area contributed by atoms with E-state index < -0.39 is 0 Å². The zero-order chi connectivity index (χ0) is 20.6. The monoisotopic (exact) mass is 421 g/mol. The summed E-state index contributed by atoms with van der Waals surface area (Å²) in [6.07, 6.45) is 4.37. The average molecular weight is 422 g/mol. The maximum absolute atomic E-state index is 13.2. The molecule has 0 spiro atoms. The van der Waals surface area contributed by atoms with Gasteiger partial charge in [0.2, 0.25) is 5.91 Å². The summed E-state index contributed by atoms with van der Waals surface area (Å²) in [5.41, 5.74) is 1.03. The van der Waals surface area contributed by atoms with E-state index in [1.54, 1.807) is 15.9 Å². The minimum atomic E-state index is -0.261. The quantitative estimate of drug-likeness (QED) is 0.507. The highest BCUT2D eigenvalue weighted by atomic mass is 32.2. The number of thiophene rings is 1. The molecule has 2 aromatic heterocycles. The van der Waals surface area contributed by atoms with E-state index >= 15 is 0 Å². The summed E-state index contributed by atoms with van der Waals surface area (Å²) in [5.74, 6) is 0.166. The fraction of sp³-hybridized carbons (Fsp3) is 0.667. The Morgan fingerprint density at radius 1 is 1.29 bits per heavy atom. The van der Waals surface area contributed by atoms with Gasteiger partial charge >= 0.3 is 0 Å². The summed E-state index contributed by atoms with van der Waals surface area (Å²) in [5, 5.41) is 1.12. The van der Waals surface area contributed by atoms with Gasteiger partial charge in [0, 0.05) is 23.5 Å². The number of carbonyl (C=O) groups excluding carboxylic acids is 1. The van der Waals surface area contributed by atoms with Gasteiger partial charge in [-0.15, -0.1) is 11.3 Å². The van der Waals surface area contributed by atoms with Gasteiger partial charge in [0.1, 0.15) is 4.83 Å². The van der Waals surface area contributed by atoms with Crippen LogP contribution in [0, 0.1) is 13.8 Å². The first-order valence-electron chi connectivity index (χ1n) is 10.3. The van der Waals surface area contributed by atoms with Crippen LogP contribution in [0.2, 0.25) is 0 Å². The van der Waals surface area contributed by atoms with Crippen LogP contribution < -0.4 is 5.56 Å². The minimum Gasteiger partial charge on any atom is -0.339 e. The van der Waals surface area contributed by atoms with Crippen molar-refractivity contribution in [2.24, 2.45) is 0 Å². The summed E-state index contributed by atoms with van der Waals surface area (Å²) in [6.45, 7) is 13.0. The van der Waals surface area contributed by atoms with Gasteiger partial charge in [-0.1, -0.05) is 18.7 Å². The third-order valence-corrected chi connectivity index (χ3v) is 7.89. The van der Waals surface area contributed by atoms with E-state index in [4.69, 9.17) is 4.98 Å². The SMILES string of the molecule is CCC1CCCCN1C(=O)C(C)Sc1nc2sc(C)c(C)c2c(=O)n1C(C)C. The number of likely N-dealkylation sites (tertiary alicyclic amines) is 1. The highest BCUT2D eigenvalue weighted by molar-refractivity contribution is 8.00. The van der Waals surface area contributed by atoms with Gasteiger partial charge in [0.15, 0.2) is 5.16 Å². The lowest BCUT2D eigenvalue weighted by atomic mass is 10.00. The number of fused-ring (bicyclic) bond motifs is 1. The van der Waals surface area contributed by atoms with E-state index in [9.17, 15) is 9.59 Å². The molecule has 1 aliphatic rings. The van der Waals surface area contributed by atoms with Gasteiger partial charge in [-0.2, -0.15) is 0 Å². The molecule has 2 aromatic rings. The first-order valence-corrected chi connectivity index (χ1v) is 11.9. The molecule has 2 atom stereocenters. The molecule has 3 heterocycles. The smallest absolute Gasteiger partial charge is 0.263 e. The number of hydrogen-bond donors (Lipinski definition) is 0. The second-order valence-corrected chi connectivity index (χ2v) is 10.5. The topological polar surface area (TPSA) is 55.2 Å². The van der Waals surface area contributed by atoms with Crippen LogP contribution in [0.1, 0.15) is 69.9 Å². The molecule has 0 aromatic carbocycles. The molecule has 1 amide bonds. The Hall–Kier alpha value is -1.34. The van der Waals surface area contributed by atoms with Gasteiger partial charge in [0.25, 0.3) is 5.56 Å². The number of piperidine rings is 1. The zero-order valence-corrected chi connectivity index (χ0v) is 19.4. The minimum absolute atomic E-state index is 0.00724. The Morgan fingerprint density at radius 3 is 2.64 bits per heavy atom. The number of thioether (sulfide) groups is 1. The third kappa shape index (κ3) is 3.88. The van der Waals surface area contributed by atoms with Crippen LogP contribution in [0.3, 0.4) is 0 Å². The predicted molar refractivity (Wildman–Crippen MR) is 119 cm³/mol. The molecule has 0 radical (unpaired) electrons. The van der Waals surface area contributed by atoms with Gasteiger partial charge < -0.3 is 4.90 Å². The Bertz CT molecular complexity index is 932. The standard InChI is InChI=1S/C21H31N3O2S2/c1-7-16-10-8-9-11-23(16)19(25)15(6)28-21-22-18-17(13(4)14(5)27-18)20(26)24(21)12(2)3/h12,15-16H,7-11H2,1-6H3. The normalized spacial score (nSPS) is 18.8. The van der Waals surface area contributed by atoms with E-state index in [2.05, 4.69) is 11.8 Å². The molecule has 28 heavy (non-hydrogen) atoms. The Labute approximate surface area is 175 Å². The van der Waals surface area contributed by atoms with Gasteiger partial charge in [0.05, 0.1) is 10.6 Å². The highest BCUT2D eigenvalue weighted by Gasteiger charge is 2.30. The van der Waals surface area contributed by atoms with Crippen molar-refractivity contribution < 1.29 is 4.79 Å². The van der Waals surface area contributed by atoms with E-state index in [0.29, 0.717) is 11.2 Å². The van der Waals surface area contributed by atoms with Crippen LogP contribution in [0.15, 0.2) is 9.95 Å². The largest absolute Gasteiger partial charge is 0.339 e. The van der Waals surface area contributed by atoms with Crippen LogP contribution >= 0.6 is 23.1 Å². The number of hydrogen-bond acceptors (Lipinski definition) is 5. The van der Waals surface area contributed by atoms with E-state index in [1.807, 2.05) is 34.6 Å². The lowest BCUT2D eigenvalue weighted by Gasteiger charge is -2.36. The molecule has 1 fully saturated rings. The van der Waals surface area contributed by atoms with Crippen LogP contribution in [-0.4, -0.2) is 38.2 Å². The van der Waals surface area contributed by atoms with Crippen molar-refractivity contribution in [2.75, 3.05) is 6.54 Å². The molecular weight excluding hydrogens is 390 g/mol. The predicted octanol–water partition coefficient (Wildman–Crippen LogP) is 4.93. The van der Waals surface area contributed by atoms with E-state index in [-0.39, 0.29) is 22.8 Å². The Morgan fingerprint density at radius 2 is 2.00 bits per heavy atom. The molecular formula is C21H31N3O2S2. The van der Waals surface area contributed by atoms with Crippen LogP contribution in [0.25, 0.3) is 10.2 Å². The molecule has 7 heteroatoms. The van der Waals surface area contributed by atoms with Crippen molar-refractivity contribution >= 4 is 39.2 Å². The lowest BCUT2D eigenvalue weighted by Crippen LogP contribution is -2.46. The number of nitrogens with zero attached hydrogens (tertiary/aromatic N) is 3. The molecule has 1 aliphatic heterocycles. The second-order valence-electron chi connectivity index (χ2n) is 7.98. The van der Waals surface area contributed by atoms with Crippen LogP contribution in [0.4, 0.5) is 0 Å². The molecule has 0 N–H and O–H groups in total. The first kappa shape index (κ1) is 21.4. The summed E-state index contributed by atoms with van der Waals surface area (Å²) >= 11 is 2.99. The van der Waals surface area contributed by atoms with Crippen molar-refractivity contribution in [1.29, 1.82) is 0 Å². The molecule has 154 valence electrons. The summed E-state index contributed by atoms with van der Waals surface area (Å²) < 4.78 is 1.75. The van der Waals surface area contributed by atoms with E-state index in [0.717, 1.165) is 46.5 Å². The molecule has 3 rings (SSSR count). The number of aromatic nitrogens is 2. The van der Waals surface area contributed by atoms with Crippen molar-refractivity contribution in [3.8, 4) is 0 Å². The number of carbonyl (C=O) groups is 1. The zero-order valence-electron chi connectivity index (χ0n) is 17.7. The van der Waals surface area contributed by atoms with Gasteiger partial charge in [-0.05, 0) is 65.9 Å². The fourth-order valence-electron chi connectivity index (χ4n) is 3.98. The second kappa shape index (κ2) is 8.57. The highest BCUT2D eigenvalue weighted by Crippen LogP contribution is 2.32. The molecule has 5 nitrogen and oxygen atoms in total. The number of rotatable bonds is 5. The summed E-state index contributed by atoms with van der Waals surface area (Å²) in [7, 11) is 0. The summed E-state index contributed by atoms with van der Waals surface area (Å²) in [4.78, 5) is 35.1. The first-order chi connectivity index (χ1) is 13.3. The van der Waals surface area contributed by atoms with Crippen LogP contribution in [-0.2, 0) is 4.79 Å². The third-order valence-electron chi connectivity index (χ3n) is 5.73. The maximum Gasteiger partial charge on any atom is 0.263 e. The lowest BCUT2D eigenvalue weighted by molar-refractivity contribution is -0.134. The maximum atomic E-state index is 13.2. The number of aryl methyl sites for hydroxylation is 2. The van der Waals surface area contributed by atoms with Gasteiger partial charge in [-0.3, -0.25) is 14.2 Å². The molecule has 2 unspecified atom stereocenters. The average Bonchev–Trinajstić information content (AvgIpc) is 2.94. The van der Waals surface area contributed by atoms with Crippen molar-refractivity contribution in [1.82, 2.24) is 14.5 Å². The molecule has 0 aliphatic carbocycles. The Kier molecular flexibility index (Phi) is 6.54. The van der Waals surface area contributed by atoms with Crippen molar-refractivity contribution in [3.63, 3.8) is 0 Å². The van der Waals surface area contributed by atoms with Crippen LogP contribution in [0.5, 0.6) is 0 Å². The Balaban J connectivity index is 1.95. The molecule has 1 saturated heterocycles. The summed E-state index contributed by atoms with van der Waals surface area (Å²) in [6, 6.07) is 0.335. The van der Waals surface area contributed by atoms with E-state index in [1.165, 1.54) is 18.2 Å².